The largest absolute Gasteiger partial charge is 0.350 e. The second-order valence-electron chi connectivity index (χ2n) is 2.52. The highest BCUT2D eigenvalue weighted by molar-refractivity contribution is 9.10. The lowest BCUT2D eigenvalue weighted by atomic mass is 10.2. The molecule has 4 nitrogen and oxygen atoms in total. The number of nitrogens with two attached hydrogens (primary N) is 1. The molecule has 0 aromatic heterocycles. The number of hydrogen-bond donors (Lipinski definition) is 2. The molecule has 0 aliphatic carbocycles. The Hall–Kier alpha value is -1.50. The number of hydrogen-bond acceptors (Lipinski definition) is 2. The number of hydrazone groups is 1. The van der Waals surface area contributed by atoms with Crippen LogP contribution in [0, 0.1) is 11.6 Å². The standard InChI is InChI=1S/C8H6BrF2N3O/c9-6-1-4(10)2-7(11)5(6)3-13-14-8(12)15/h1-3H,(H3,12,14,15). The highest BCUT2D eigenvalue weighted by Crippen LogP contribution is 2.19. The molecule has 0 spiro atoms. The number of urea groups is 1. The summed E-state index contributed by atoms with van der Waals surface area (Å²) >= 11 is 2.95. The molecule has 0 aliphatic rings. The molecule has 0 atom stereocenters. The first-order valence-electron chi connectivity index (χ1n) is 3.73. The number of rotatable bonds is 2. The maximum absolute atomic E-state index is 13.1. The van der Waals surface area contributed by atoms with Crippen molar-refractivity contribution in [2.75, 3.05) is 0 Å². The summed E-state index contributed by atoms with van der Waals surface area (Å²) < 4.78 is 26.0. The zero-order valence-corrected chi connectivity index (χ0v) is 8.88. The molecule has 0 heterocycles. The van der Waals surface area contributed by atoms with Crippen molar-refractivity contribution in [3.63, 3.8) is 0 Å². The van der Waals surface area contributed by atoms with Crippen molar-refractivity contribution in [1.82, 2.24) is 5.43 Å². The monoisotopic (exact) mass is 277 g/mol. The van der Waals surface area contributed by atoms with Gasteiger partial charge in [0.25, 0.3) is 0 Å². The fourth-order valence-electron chi connectivity index (χ4n) is 0.837. The predicted octanol–water partition coefficient (Wildman–Crippen LogP) is 1.73. The van der Waals surface area contributed by atoms with Gasteiger partial charge in [0, 0.05) is 16.1 Å². The molecule has 0 aliphatic heterocycles. The third-order valence-electron chi connectivity index (χ3n) is 1.41. The van der Waals surface area contributed by atoms with Crippen molar-refractivity contribution in [1.29, 1.82) is 0 Å². The summed E-state index contributed by atoms with van der Waals surface area (Å²) in [5.74, 6) is -1.50. The Morgan fingerprint density at radius 2 is 2.20 bits per heavy atom. The Labute approximate surface area is 92.3 Å². The minimum Gasteiger partial charge on any atom is -0.350 e. The van der Waals surface area contributed by atoms with Gasteiger partial charge in [0.1, 0.15) is 11.6 Å². The topological polar surface area (TPSA) is 67.5 Å². The van der Waals surface area contributed by atoms with Gasteiger partial charge in [-0.2, -0.15) is 5.10 Å². The van der Waals surface area contributed by atoms with Crippen molar-refractivity contribution in [3.8, 4) is 0 Å². The molecule has 0 bridgehead atoms. The Balaban J connectivity index is 2.94. The SMILES string of the molecule is NC(=O)NN=Cc1c(F)cc(F)cc1Br. The first-order valence-corrected chi connectivity index (χ1v) is 4.53. The van der Waals surface area contributed by atoms with Gasteiger partial charge < -0.3 is 5.73 Å². The number of nitrogens with zero attached hydrogens (tertiary/aromatic N) is 1. The van der Waals surface area contributed by atoms with Crippen molar-refractivity contribution in [3.05, 3.63) is 33.8 Å². The van der Waals surface area contributed by atoms with Crippen LogP contribution in [0.25, 0.3) is 0 Å². The second kappa shape index (κ2) is 4.83. The van der Waals surface area contributed by atoms with Crippen LogP contribution in [-0.4, -0.2) is 12.2 Å². The molecule has 3 N–H and O–H groups in total. The first kappa shape index (κ1) is 11.6. The lowest BCUT2D eigenvalue weighted by Gasteiger charge is -2.00. The lowest BCUT2D eigenvalue weighted by Crippen LogP contribution is -2.24. The van der Waals surface area contributed by atoms with Gasteiger partial charge in [0.05, 0.1) is 6.21 Å². The average molecular weight is 278 g/mol. The lowest BCUT2D eigenvalue weighted by molar-refractivity contribution is 0.249. The van der Waals surface area contributed by atoms with E-state index in [9.17, 15) is 13.6 Å². The minimum absolute atomic E-state index is 0.0187. The van der Waals surface area contributed by atoms with Crippen LogP contribution in [0.4, 0.5) is 13.6 Å². The third-order valence-corrected chi connectivity index (χ3v) is 2.07. The zero-order valence-electron chi connectivity index (χ0n) is 7.30. The number of carbonyl (C=O) groups is 1. The molecule has 0 unspecified atom stereocenters. The van der Waals surface area contributed by atoms with Gasteiger partial charge >= 0.3 is 6.03 Å². The van der Waals surface area contributed by atoms with Crippen LogP contribution < -0.4 is 11.2 Å². The quantitative estimate of drug-likeness (QED) is 0.627. The normalized spacial score (nSPS) is 10.6. The fraction of sp³-hybridized carbons (Fsp3) is 0. The molecule has 15 heavy (non-hydrogen) atoms. The van der Waals surface area contributed by atoms with Crippen LogP contribution in [0.2, 0.25) is 0 Å². The second-order valence-corrected chi connectivity index (χ2v) is 3.37. The van der Waals surface area contributed by atoms with E-state index in [4.69, 9.17) is 5.73 Å². The Morgan fingerprint density at radius 1 is 1.53 bits per heavy atom. The summed E-state index contributed by atoms with van der Waals surface area (Å²) in [7, 11) is 0. The van der Waals surface area contributed by atoms with Gasteiger partial charge in [0.2, 0.25) is 0 Å². The zero-order chi connectivity index (χ0) is 11.4. The molecule has 1 rings (SSSR count). The number of nitrogens with one attached hydrogen (secondary N) is 1. The fourth-order valence-corrected chi connectivity index (χ4v) is 1.35. The van der Waals surface area contributed by atoms with Gasteiger partial charge in [-0.15, -0.1) is 0 Å². The number of amides is 2. The van der Waals surface area contributed by atoms with Crippen molar-refractivity contribution < 1.29 is 13.6 Å². The third kappa shape index (κ3) is 3.28. The van der Waals surface area contributed by atoms with E-state index in [2.05, 4.69) is 21.0 Å². The van der Waals surface area contributed by atoms with E-state index >= 15 is 0 Å². The van der Waals surface area contributed by atoms with Crippen molar-refractivity contribution >= 4 is 28.2 Å². The maximum atomic E-state index is 13.1. The number of primary amides is 1. The summed E-state index contributed by atoms with van der Waals surface area (Å²) in [6, 6.07) is 0.912. The molecule has 1 aromatic rings. The Morgan fingerprint density at radius 3 is 2.73 bits per heavy atom. The highest BCUT2D eigenvalue weighted by atomic mass is 79.9. The van der Waals surface area contributed by atoms with E-state index in [0.29, 0.717) is 6.07 Å². The van der Waals surface area contributed by atoms with E-state index in [-0.39, 0.29) is 10.0 Å². The highest BCUT2D eigenvalue weighted by Gasteiger charge is 2.07. The summed E-state index contributed by atoms with van der Waals surface area (Å²) in [6.07, 6.45) is 1.02. The van der Waals surface area contributed by atoms with Crippen LogP contribution in [0.3, 0.4) is 0 Å². The van der Waals surface area contributed by atoms with Gasteiger partial charge in [-0.25, -0.2) is 19.0 Å². The molecule has 7 heteroatoms. The predicted molar refractivity (Wildman–Crippen MR) is 54.4 cm³/mol. The van der Waals surface area contributed by atoms with Gasteiger partial charge in [-0.05, 0) is 22.0 Å². The van der Waals surface area contributed by atoms with Gasteiger partial charge in [-0.3, -0.25) is 0 Å². The van der Waals surface area contributed by atoms with E-state index in [1.807, 2.05) is 5.43 Å². The minimum atomic E-state index is -0.870. The smallest absolute Gasteiger partial charge is 0.332 e. The van der Waals surface area contributed by atoms with Crippen LogP contribution in [0.5, 0.6) is 0 Å². The summed E-state index contributed by atoms with van der Waals surface area (Å²) in [4.78, 5) is 10.2. The van der Waals surface area contributed by atoms with Crippen LogP contribution in [0.1, 0.15) is 5.56 Å². The molecule has 0 saturated heterocycles. The Kier molecular flexibility index (Phi) is 3.73. The molecule has 0 saturated carbocycles. The molecule has 1 aromatic carbocycles. The van der Waals surface area contributed by atoms with Crippen molar-refractivity contribution in [2.24, 2.45) is 10.8 Å². The van der Waals surface area contributed by atoms with E-state index in [0.717, 1.165) is 12.3 Å². The van der Waals surface area contributed by atoms with Gasteiger partial charge in [0.15, 0.2) is 0 Å². The molecule has 80 valence electrons. The summed E-state index contributed by atoms with van der Waals surface area (Å²) in [5.41, 5.74) is 6.64. The van der Waals surface area contributed by atoms with E-state index < -0.39 is 17.7 Å². The molecule has 2 amide bonds. The molecule has 0 radical (unpaired) electrons. The number of halogens is 3. The van der Waals surface area contributed by atoms with Crippen molar-refractivity contribution in [2.45, 2.75) is 0 Å². The van der Waals surface area contributed by atoms with E-state index in [1.165, 1.54) is 0 Å². The van der Waals surface area contributed by atoms with Gasteiger partial charge in [-0.1, -0.05) is 0 Å². The summed E-state index contributed by atoms with van der Waals surface area (Å²) in [5, 5.41) is 3.35. The molecule has 0 fully saturated rings. The van der Waals surface area contributed by atoms with E-state index in [1.54, 1.807) is 0 Å². The maximum Gasteiger partial charge on any atom is 0.332 e. The van der Waals surface area contributed by atoms with Crippen LogP contribution >= 0.6 is 15.9 Å². The summed E-state index contributed by atoms with van der Waals surface area (Å²) in [6.45, 7) is 0. The number of benzene rings is 1. The Bertz CT molecular complexity index is 399. The van der Waals surface area contributed by atoms with Crippen LogP contribution in [-0.2, 0) is 0 Å². The molecular weight excluding hydrogens is 272 g/mol. The first-order chi connectivity index (χ1) is 7.00. The number of carbonyl (C=O) groups excluding carboxylic acids is 1. The molecular formula is C8H6BrF2N3O. The van der Waals surface area contributed by atoms with Crippen LogP contribution in [0.15, 0.2) is 21.7 Å². The average Bonchev–Trinajstić information content (AvgIpc) is 2.08.